The number of rotatable bonds is 3. The molecule has 1 aromatic heterocycles. The van der Waals surface area contributed by atoms with E-state index in [1.807, 2.05) is 6.92 Å². The van der Waals surface area contributed by atoms with Crippen molar-refractivity contribution in [3.8, 4) is 0 Å². The molecule has 1 aromatic rings. The highest BCUT2D eigenvalue weighted by atomic mass is 32.2. The Kier molecular flexibility index (Phi) is 3.03. The molecular formula is C10H16N2O3S. The van der Waals surface area contributed by atoms with Crippen LogP contribution in [0.4, 0.5) is 0 Å². The lowest BCUT2D eigenvalue weighted by atomic mass is 10.1. The second-order valence-electron chi connectivity index (χ2n) is 4.34. The number of hydrogen-bond donors (Lipinski definition) is 1. The minimum Gasteiger partial charge on any atom is -0.445 e. The van der Waals surface area contributed by atoms with Gasteiger partial charge in [-0.05, 0) is 6.42 Å². The van der Waals surface area contributed by atoms with Crippen molar-refractivity contribution in [3.63, 3.8) is 0 Å². The standard InChI is InChI=1S/C10H16N2O3S/c1-7(4-11)9-5-12-10(15-9)8-2-3-16(13,14)6-8/h5,7-8H,2-4,6,11H2,1H3. The molecule has 1 saturated heterocycles. The van der Waals surface area contributed by atoms with Crippen molar-refractivity contribution in [2.75, 3.05) is 18.1 Å². The molecule has 0 amide bonds. The fraction of sp³-hybridized carbons (Fsp3) is 0.700. The molecule has 2 N–H and O–H groups in total. The normalized spacial score (nSPS) is 25.8. The topological polar surface area (TPSA) is 86.2 Å². The Morgan fingerprint density at radius 3 is 3.00 bits per heavy atom. The van der Waals surface area contributed by atoms with Gasteiger partial charge in [-0.2, -0.15) is 0 Å². The van der Waals surface area contributed by atoms with Crippen molar-refractivity contribution >= 4 is 9.84 Å². The maximum absolute atomic E-state index is 11.3. The van der Waals surface area contributed by atoms with Crippen LogP contribution < -0.4 is 5.73 Å². The monoisotopic (exact) mass is 244 g/mol. The second-order valence-corrected chi connectivity index (χ2v) is 6.57. The third-order valence-electron chi connectivity index (χ3n) is 2.96. The van der Waals surface area contributed by atoms with E-state index in [4.69, 9.17) is 10.2 Å². The van der Waals surface area contributed by atoms with Gasteiger partial charge in [0.05, 0.1) is 23.6 Å². The van der Waals surface area contributed by atoms with Gasteiger partial charge in [0.1, 0.15) is 5.76 Å². The Hall–Kier alpha value is -0.880. The summed E-state index contributed by atoms with van der Waals surface area (Å²) in [7, 11) is -2.88. The maximum atomic E-state index is 11.3. The molecule has 0 bridgehead atoms. The molecule has 1 aliphatic rings. The first-order valence-electron chi connectivity index (χ1n) is 5.38. The van der Waals surface area contributed by atoms with E-state index in [0.29, 0.717) is 18.9 Å². The van der Waals surface area contributed by atoms with Gasteiger partial charge < -0.3 is 10.2 Å². The minimum absolute atomic E-state index is 0.0799. The zero-order chi connectivity index (χ0) is 11.8. The van der Waals surface area contributed by atoms with Gasteiger partial charge in [0.2, 0.25) is 0 Å². The molecule has 0 aromatic carbocycles. The predicted molar refractivity (Wildman–Crippen MR) is 60.0 cm³/mol. The highest BCUT2D eigenvalue weighted by Crippen LogP contribution is 2.29. The van der Waals surface area contributed by atoms with E-state index in [1.54, 1.807) is 6.20 Å². The first kappa shape index (κ1) is 11.6. The van der Waals surface area contributed by atoms with Crippen molar-refractivity contribution in [2.45, 2.75) is 25.2 Å². The molecule has 0 radical (unpaired) electrons. The summed E-state index contributed by atoms with van der Waals surface area (Å²) in [4.78, 5) is 4.15. The van der Waals surface area contributed by atoms with Crippen LogP contribution in [0, 0.1) is 0 Å². The quantitative estimate of drug-likeness (QED) is 0.843. The molecule has 0 saturated carbocycles. The SMILES string of the molecule is CC(CN)c1cnc(C2CCS(=O)(=O)C2)o1. The zero-order valence-electron chi connectivity index (χ0n) is 9.22. The number of hydrogen-bond acceptors (Lipinski definition) is 5. The highest BCUT2D eigenvalue weighted by molar-refractivity contribution is 7.91. The summed E-state index contributed by atoms with van der Waals surface area (Å²) in [6.45, 7) is 2.45. The minimum atomic E-state index is -2.88. The van der Waals surface area contributed by atoms with E-state index < -0.39 is 9.84 Å². The van der Waals surface area contributed by atoms with Crippen molar-refractivity contribution in [2.24, 2.45) is 5.73 Å². The molecule has 16 heavy (non-hydrogen) atoms. The lowest BCUT2D eigenvalue weighted by Gasteiger charge is -2.04. The molecule has 90 valence electrons. The van der Waals surface area contributed by atoms with Gasteiger partial charge in [0.15, 0.2) is 15.7 Å². The van der Waals surface area contributed by atoms with Crippen molar-refractivity contribution in [3.05, 3.63) is 17.8 Å². The molecule has 2 unspecified atom stereocenters. The van der Waals surface area contributed by atoms with E-state index >= 15 is 0 Å². The van der Waals surface area contributed by atoms with Crippen LogP contribution in [0.5, 0.6) is 0 Å². The summed E-state index contributed by atoms with van der Waals surface area (Å²) in [5.41, 5.74) is 5.53. The first-order chi connectivity index (χ1) is 7.52. The molecule has 5 nitrogen and oxygen atoms in total. The van der Waals surface area contributed by atoms with Gasteiger partial charge >= 0.3 is 0 Å². The molecule has 1 fully saturated rings. The number of nitrogens with zero attached hydrogens (tertiary/aromatic N) is 1. The van der Waals surface area contributed by atoms with Crippen molar-refractivity contribution in [1.29, 1.82) is 0 Å². The van der Waals surface area contributed by atoms with Crippen LogP contribution in [0.15, 0.2) is 10.6 Å². The van der Waals surface area contributed by atoms with Crippen LogP contribution in [-0.2, 0) is 9.84 Å². The van der Waals surface area contributed by atoms with Crippen LogP contribution in [-0.4, -0.2) is 31.5 Å². The Bertz CT molecular complexity index is 466. The molecule has 0 aliphatic carbocycles. The average molecular weight is 244 g/mol. The van der Waals surface area contributed by atoms with E-state index in [2.05, 4.69) is 4.98 Å². The molecular weight excluding hydrogens is 228 g/mol. The van der Waals surface area contributed by atoms with Crippen LogP contribution in [0.3, 0.4) is 0 Å². The van der Waals surface area contributed by atoms with E-state index in [-0.39, 0.29) is 23.3 Å². The fourth-order valence-electron chi connectivity index (χ4n) is 1.82. The van der Waals surface area contributed by atoms with Gasteiger partial charge in [-0.3, -0.25) is 0 Å². The summed E-state index contributed by atoms with van der Waals surface area (Å²) in [5.74, 6) is 1.72. The van der Waals surface area contributed by atoms with E-state index in [9.17, 15) is 8.42 Å². The van der Waals surface area contributed by atoms with Crippen molar-refractivity contribution < 1.29 is 12.8 Å². The fourth-order valence-corrected chi connectivity index (χ4v) is 3.56. The third-order valence-corrected chi connectivity index (χ3v) is 4.73. The number of aromatic nitrogens is 1. The lowest BCUT2D eigenvalue weighted by molar-refractivity contribution is 0.411. The van der Waals surface area contributed by atoms with Crippen LogP contribution >= 0.6 is 0 Å². The van der Waals surface area contributed by atoms with Crippen molar-refractivity contribution in [1.82, 2.24) is 4.98 Å². The molecule has 2 heterocycles. The van der Waals surface area contributed by atoms with Gasteiger partial charge in [-0.25, -0.2) is 13.4 Å². The Labute approximate surface area is 95.0 Å². The van der Waals surface area contributed by atoms with Gasteiger partial charge in [-0.15, -0.1) is 0 Å². The van der Waals surface area contributed by atoms with Gasteiger partial charge in [-0.1, -0.05) is 6.92 Å². The Balaban J connectivity index is 2.14. The largest absolute Gasteiger partial charge is 0.445 e. The molecule has 2 rings (SSSR count). The smallest absolute Gasteiger partial charge is 0.198 e. The van der Waals surface area contributed by atoms with E-state index in [1.165, 1.54) is 0 Å². The molecule has 6 heteroatoms. The van der Waals surface area contributed by atoms with Crippen LogP contribution in [0.2, 0.25) is 0 Å². The van der Waals surface area contributed by atoms with Gasteiger partial charge in [0.25, 0.3) is 0 Å². The Morgan fingerprint density at radius 1 is 1.69 bits per heavy atom. The highest BCUT2D eigenvalue weighted by Gasteiger charge is 2.32. The third kappa shape index (κ3) is 2.27. The maximum Gasteiger partial charge on any atom is 0.198 e. The predicted octanol–water partition coefficient (Wildman–Crippen LogP) is 0.639. The number of sulfone groups is 1. The Morgan fingerprint density at radius 2 is 2.44 bits per heavy atom. The number of nitrogens with two attached hydrogens (primary N) is 1. The van der Waals surface area contributed by atoms with E-state index in [0.717, 1.165) is 5.76 Å². The molecule has 0 spiro atoms. The summed E-state index contributed by atoms with van der Waals surface area (Å²) < 4.78 is 28.2. The summed E-state index contributed by atoms with van der Waals surface area (Å²) in [6, 6.07) is 0. The molecule has 1 aliphatic heterocycles. The lowest BCUT2D eigenvalue weighted by Crippen LogP contribution is -2.08. The zero-order valence-corrected chi connectivity index (χ0v) is 10.0. The summed E-state index contributed by atoms with van der Waals surface area (Å²) >= 11 is 0. The summed E-state index contributed by atoms with van der Waals surface area (Å²) in [6.07, 6.45) is 2.26. The average Bonchev–Trinajstić information content (AvgIpc) is 2.83. The van der Waals surface area contributed by atoms with Gasteiger partial charge in [0, 0.05) is 12.5 Å². The summed E-state index contributed by atoms with van der Waals surface area (Å²) in [5, 5.41) is 0. The van der Waals surface area contributed by atoms with Crippen LogP contribution in [0.1, 0.15) is 36.8 Å². The second kappa shape index (κ2) is 4.18. The van der Waals surface area contributed by atoms with Crippen LogP contribution in [0.25, 0.3) is 0 Å². The first-order valence-corrected chi connectivity index (χ1v) is 7.20. The molecule has 2 atom stereocenters. The number of oxazole rings is 1.